The first-order valence-electron chi connectivity index (χ1n) is 8.14. The van der Waals surface area contributed by atoms with Crippen molar-refractivity contribution >= 4 is 17.5 Å². The van der Waals surface area contributed by atoms with Gasteiger partial charge >= 0.3 is 6.18 Å². The van der Waals surface area contributed by atoms with E-state index in [4.69, 9.17) is 9.47 Å². The van der Waals surface area contributed by atoms with E-state index >= 15 is 0 Å². The van der Waals surface area contributed by atoms with Gasteiger partial charge in [-0.3, -0.25) is 4.79 Å². The Balaban J connectivity index is 1.80. The Labute approximate surface area is 159 Å². The average Bonchev–Trinajstić information content (AvgIpc) is 3.16. The van der Waals surface area contributed by atoms with Crippen LogP contribution < -0.4 is 9.47 Å². The highest BCUT2D eigenvalue weighted by Gasteiger charge is 2.35. The van der Waals surface area contributed by atoms with E-state index < -0.39 is 11.7 Å². The summed E-state index contributed by atoms with van der Waals surface area (Å²) in [5.74, 6) is 0.201. The first-order chi connectivity index (χ1) is 12.8. The Morgan fingerprint density at radius 2 is 1.89 bits per heavy atom. The Morgan fingerprint density at radius 3 is 2.56 bits per heavy atom. The van der Waals surface area contributed by atoms with E-state index in [1.165, 1.54) is 32.0 Å². The standard InChI is InChI=1S/C20H17F3O3S/c1-25-14-5-3-4-13(10-14)19(24)18-9-8-17(27-18)12-6-7-16(26-2)15(11-12)20(21,22)23/h3-7,9-11,17H,8H2,1-2H3. The molecule has 0 N–H and O–H groups in total. The molecule has 1 heterocycles. The molecule has 2 aromatic rings. The third-order valence-corrected chi connectivity index (χ3v) is 5.60. The predicted octanol–water partition coefficient (Wildman–Crippen LogP) is 5.67. The lowest BCUT2D eigenvalue weighted by atomic mass is 10.0. The highest BCUT2D eigenvalue weighted by Crippen LogP contribution is 2.47. The predicted molar refractivity (Wildman–Crippen MR) is 98.4 cm³/mol. The molecular formula is C20H17F3O3S. The Kier molecular flexibility index (Phi) is 5.51. The minimum absolute atomic E-state index is 0.161. The van der Waals surface area contributed by atoms with E-state index in [1.54, 1.807) is 36.4 Å². The van der Waals surface area contributed by atoms with Gasteiger partial charge in [0, 0.05) is 10.8 Å². The summed E-state index contributed by atoms with van der Waals surface area (Å²) < 4.78 is 49.7. The first kappa shape index (κ1) is 19.4. The van der Waals surface area contributed by atoms with Crippen LogP contribution in [0.4, 0.5) is 13.2 Å². The summed E-state index contributed by atoms with van der Waals surface area (Å²) >= 11 is 1.28. The number of thioether (sulfide) groups is 1. The van der Waals surface area contributed by atoms with Crippen molar-refractivity contribution in [3.8, 4) is 11.5 Å². The molecule has 0 aromatic heterocycles. The molecule has 27 heavy (non-hydrogen) atoms. The van der Waals surface area contributed by atoms with Crippen LogP contribution in [0.25, 0.3) is 0 Å². The number of ether oxygens (including phenoxy) is 2. The molecule has 0 radical (unpaired) electrons. The van der Waals surface area contributed by atoms with Crippen molar-refractivity contribution in [1.29, 1.82) is 0 Å². The number of allylic oxidation sites excluding steroid dienone is 2. The highest BCUT2D eigenvalue weighted by atomic mass is 32.2. The SMILES string of the molecule is COc1cccc(C(=O)C2=CCC(c3ccc(OC)c(C(F)(F)F)c3)S2)c1. The molecule has 1 unspecified atom stereocenters. The monoisotopic (exact) mass is 394 g/mol. The number of hydrogen-bond acceptors (Lipinski definition) is 4. The molecule has 1 aliphatic heterocycles. The molecule has 2 aromatic carbocycles. The van der Waals surface area contributed by atoms with E-state index in [2.05, 4.69) is 0 Å². The van der Waals surface area contributed by atoms with Crippen LogP contribution >= 0.6 is 11.8 Å². The van der Waals surface area contributed by atoms with E-state index in [0.29, 0.717) is 28.2 Å². The normalized spacial score (nSPS) is 16.8. The maximum Gasteiger partial charge on any atom is 0.419 e. The number of methoxy groups -OCH3 is 2. The molecule has 0 amide bonds. The second kappa shape index (κ2) is 7.68. The maximum absolute atomic E-state index is 13.2. The van der Waals surface area contributed by atoms with Crippen molar-refractivity contribution in [2.45, 2.75) is 17.8 Å². The fraction of sp³-hybridized carbons (Fsp3) is 0.250. The third-order valence-electron chi connectivity index (χ3n) is 4.24. The zero-order chi connectivity index (χ0) is 19.6. The fourth-order valence-corrected chi connectivity index (χ4v) is 4.07. The number of benzene rings is 2. The van der Waals surface area contributed by atoms with Crippen molar-refractivity contribution in [2.75, 3.05) is 14.2 Å². The van der Waals surface area contributed by atoms with Crippen LogP contribution in [0.3, 0.4) is 0 Å². The highest BCUT2D eigenvalue weighted by molar-refractivity contribution is 8.04. The largest absolute Gasteiger partial charge is 0.497 e. The lowest BCUT2D eigenvalue weighted by Gasteiger charge is -2.16. The van der Waals surface area contributed by atoms with Gasteiger partial charge in [0.25, 0.3) is 0 Å². The van der Waals surface area contributed by atoms with Crippen LogP contribution in [0.15, 0.2) is 53.4 Å². The minimum Gasteiger partial charge on any atom is -0.497 e. The molecular weight excluding hydrogens is 377 g/mol. The third kappa shape index (κ3) is 4.13. The van der Waals surface area contributed by atoms with Crippen molar-refractivity contribution in [3.63, 3.8) is 0 Å². The van der Waals surface area contributed by atoms with Crippen LogP contribution in [-0.4, -0.2) is 20.0 Å². The zero-order valence-electron chi connectivity index (χ0n) is 14.7. The second-order valence-corrected chi connectivity index (χ2v) is 7.17. The van der Waals surface area contributed by atoms with Gasteiger partial charge in [0.05, 0.1) is 24.7 Å². The summed E-state index contributed by atoms with van der Waals surface area (Å²) in [6, 6.07) is 10.8. The topological polar surface area (TPSA) is 35.5 Å². The smallest absolute Gasteiger partial charge is 0.419 e. The summed E-state index contributed by atoms with van der Waals surface area (Å²) in [7, 11) is 2.73. The zero-order valence-corrected chi connectivity index (χ0v) is 15.5. The minimum atomic E-state index is -4.50. The molecule has 0 spiro atoms. The molecule has 0 fully saturated rings. The van der Waals surface area contributed by atoms with Gasteiger partial charge in [0.1, 0.15) is 11.5 Å². The number of ketones is 1. The molecule has 0 saturated carbocycles. The van der Waals surface area contributed by atoms with E-state index in [1.807, 2.05) is 0 Å². The van der Waals surface area contributed by atoms with Crippen LogP contribution in [0.2, 0.25) is 0 Å². The fourth-order valence-electron chi connectivity index (χ4n) is 2.87. The quantitative estimate of drug-likeness (QED) is 0.613. The number of halogens is 3. The maximum atomic E-state index is 13.2. The van der Waals surface area contributed by atoms with Gasteiger partial charge in [-0.2, -0.15) is 13.2 Å². The molecule has 7 heteroatoms. The first-order valence-corrected chi connectivity index (χ1v) is 9.02. The van der Waals surface area contributed by atoms with Crippen molar-refractivity contribution in [1.82, 2.24) is 0 Å². The van der Waals surface area contributed by atoms with Crippen molar-refractivity contribution in [3.05, 3.63) is 70.1 Å². The number of carbonyl (C=O) groups is 1. The molecule has 142 valence electrons. The summed E-state index contributed by atoms with van der Waals surface area (Å²) in [5, 5.41) is -0.249. The molecule has 3 rings (SSSR count). The van der Waals surface area contributed by atoms with Gasteiger partial charge in [-0.15, -0.1) is 11.8 Å². The van der Waals surface area contributed by atoms with Gasteiger partial charge in [-0.25, -0.2) is 0 Å². The average molecular weight is 394 g/mol. The molecule has 0 bridgehead atoms. The van der Waals surface area contributed by atoms with Gasteiger partial charge in [-0.05, 0) is 36.2 Å². The number of rotatable bonds is 5. The van der Waals surface area contributed by atoms with E-state index in [0.717, 1.165) is 6.07 Å². The molecule has 1 aliphatic rings. The Bertz CT molecular complexity index is 890. The van der Waals surface area contributed by atoms with Crippen LogP contribution in [-0.2, 0) is 6.18 Å². The van der Waals surface area contributed by atoms with Crippen molar-refractivity contribution in [2.24, 2.45) is 0 Å². The lowest BCUT2D eigenvalue weighted by Crippen LogP contribution is -2.08. The summed E-state index contributed by atoms with van der Waals surface area (Å²) in [4.78, 5) is 13.2. The molecule has 3 nitrogen and oxygen atoms in total. The van der Waals surface area contributed by atoms with E-state index in [-0.39, 0.29) is 16.8 Å². The Hall–Kier alpha value is -2.41. The molecule has 1 atom stereocenters. The summed E-state index contributed by atoms with van der Waals surface area (Å²) in [5.41, 5.74) is 0.188. The van der Waals surface area contributed by atoms with Gasteiger partial charge in [0.2, 0.25) is 0 Å². The molecule has 0 aliphatic carbocycles. The van der Waals surface area contributed by atoms with Gasteiger partial charge in [-0.1, -0.05) is 24.3 Å². The van der Waals surface area contributed by atoms with Gasteiger partial charge in [0.15, 0.2) is 5.78 Å². The lowest BCUT2D eigenvalue weighted by molar-refractivity contribution is -0.138. The van der Waals surface area contributed by atoms with Crippen LogP contribution in [0, 0.1) is 0 Å². The number of Topliss-reactive ketones (excluding diaryl/α,β-unsaturated/α-hetero) is 1. The number of alkyl halides is 3. The summed E-state index contributed by atoms with van der Waals surface area (Å²) in [6.07, 6.45) is -2.24. The number of hydrogen-bond donors (Lipinski definition) is 0. The van der Waals surface area contributed by atoms with Crippen molar-refractivity contribution < 1.29 is 27.4 Å². The molecule has 0 saturated heterocycles. The second-order valence-electron chi connectivity index (χ2n) is 5.93. The van der Waals surface area contributed by atoms with Gasteiger partial charge < -0.3 is 9.47 Å². The van der Waals surface area contributed by atoms with Crippen LogP contribution in [0.1, 0.15) is 33.2 Å². The Morgan fingerprint density at radius 1 is 1.11 bits per heavy atom. The van der Waals surface area contributed by atoms with Crippen LogP contribution in [0.5, 0.6) is 11.5 Å². The summed E-state index contributed by atoms with van der Waals surface area (Å²) in [6.45, 7) is 0. The number of carbonyl (C=O) groups excluding carboxylic acids is 1. The van der Waals surface area contributed by atoms with E-state index in [9.17, 15) is 18.0 Å².